The van der Waals surface area contributed by atoms with Gasteiger partial charge >= 0.3 is 0 Å². The molecule has 25 heavy (non-hydrogen) atoms. The maximum Gasteiger partial charge on any atom is 0.236 e. The van der Waals surface area contributed by atoms with Gasteiger partial charge in [0.2, 0.25) is 5.91 Å². The van der Waals surface area contributed by atoms with E-state index in [0.29, 0.717) is 18.4 Å². The SMILES string of the molecule is O=C(CN1CC[C@@H]2CC[C@@H](O)[C@@H]21)N1CCC(Cc2ccccc2)CC1. The molecule has 2 aliphatic heterocycles. The molecule has 0 bridgehead atoms. The van der Waals surface area contributed by atoms with Crippen molar-refractivity contribution in [1.82, 2.24) is 9.80 Å². The molecule has 0 radical (unpaired) electrons. The van der Waals surface area contributed by atoms with E-state index < -0.39 is 0 Å². The number of rotatable bonds is 4. The van der Waals surface area contributed by atoms with Crippen molar-refractivity contribution in [3.05, 3.63) is 35.9 Å². The summed E-state index contributed by atoms with van der Waals surface area (Å²) in [7, 11) is 0. The van der Waals surface area contributed by atoms with Crippen LogP contribution in [0.1, 0.15) is 37.7 Å². The van der Waals surface area contributed by atoms with Crippen LogP contribution in [0.25, 0.3) is 0 Å². The predicted octanol–water partition coefficient (Wildman–Crippen LogP) is 2.31. The first-order valence-corrected chi connectivity index (χ1v) is 9.94. The van der Waals surface area contributed by atoms with Crippen LogP contribution in [0, 0.1) is 11.8 Å². The standard InChI is InChI=1S/C21H30N2O2/c24-19-7-6-18-10-13-23(21(18)19)15-20(25)22-11-8-17(9-12-22)14-16-4-2-1-3-5-16/h1-5,17-19,21,24H,6-15H2/t18-,19+,21+/m0/s1. The first-order chi connectivity index (χ1) is 12.2. The van der Waals surface area contributed by atoms with Gasteiger partial charge in [0.25, 0.3) is 0 Å². The van der Waals surface area contributed by atoms with Crippen LogP contribution in [0.3, 0.4) is 0 Å². The van der Waals surface area contributed by atoms with Crippen molar-refractivity contribution < 1.29 is 9.90 Å². The maximum atomic E-state index is 12.7. The van der Waals surface area contributed by atoms with Gasteiger partial charge in [-0.05, 0) is 62.5 Å². The zero-order valence-electron chi connectivity index (χ0n) is 15.0. The number of aliphatic hydroxyl groups excluding tert-OH is 1. The Bertz CT molecular complexity index is 583. The number of likely N-dealkylation sites (tertiary alicyclic amines) is 2. The van der Waals surface area contributed by atoms with Gasteiger partial charge in [-0.25, -0.2) is 0 Å². The number of hydrogen-bond acceptors (Lipinski definition) is 3. The Morgan fingerprint density at radius 2 is 1.76 bits per heavy atom. The first-order valence-electron chi connectivity index (χ1n) is 9.94. The van der Waals surface area contributed by atoms with Crippen molar-refractivity contribution in [2.24, 2.45) is 11.8 Å². The quantitative estimate of drug-likeness (QED) is 0.913. The molecule has 0 unspecified atom stereocenters. The number of fused-ring (bicyclic) bond motifs is 1. The van der Waals surface area contributed by atoms with Crippen LogP contribution in [0.2, 0.25) is 0 Å². The zero-order valence-corrected chi connectivity index (χ0v) is 15.0. The van der Waals surface area contributed by atoms with Crippen LogP contribution in [0.5, 0.6) is 0 Å². The van der Waals surface area contributed by atoms with E-state index in [1.54, 1.807) is 0 Å². The van der Waals surface area contributed by atoms with Crippen molar-refractivity contribution in [3.8, 4) is 0 Å². The van der Waals surface area contributed by atoms with Crippen molar-refractivity contribution >= 4 is 5.91 Å². The molecule has 1 aromatic rings. The number of carbonyl (C=O) groups excluding carboxylic acids is 1. The monoisotopic (exact) mass is 342 g/mol. The van der Waals surface area contributed by atoms with Crippen molar-refractivity contribution in [1.29, 1.82) is 0 Å². The predicted molar refractivity (Wildman–Crippen MR) is 98.2 cm³/mol. The van der Waals surface area contributed by atoms with E-state index in [-0.39, 0.29) is 18.1 Å². The number of hydrogen-bond donors (Lipinski definition) is 1. The molecule has 3 aliphatic rings. The van der Waals surface area contributed by atoms with Gasteiger partial charge in [-0.1, -0.05) is 30.3 Å². The molecular formula is C21H30N2O2. The molecule has 1 saturated carbocycles. The summed E-state index contributed by atoms with van der Waals surface area (Å²) in [6.07, 6.45) is 6.30. The van der Waals surface area contributed by atoms with E-state index in [2.05, 4.69) is 40.1 Å². The first kappa shape index (κ1) is 17.0. The molecule has 1 N–H and O–H groups in total. The van der Waals surface area contributed by atoms with E-state index in [4.69, 9.17) is 0 Å². The third-order valence-electron chi connectivity index (χ3n) is 6.59. The lowest BCUT2D eigenvalue weighted by Gasteiger charge is -2.34. The average Bonchev–Trinajstić information content (AvgIpc) is 3.20. The van der Waals surface area contributed by atoms with Gasteiger partial charge < -0.3 is 10.0 Å². The summed E-state index contributed by atoms with van der Waals surface area (Å²) in [6, 6.07) is 10.9. The summed E-state index contributed by atoms with van der Waals surface area (Å²) in [5, 5.41) is 10.2. The number of amides is 1. The fourth-order valence-electron chi connectivity index (χ4n) is 5.17. The Labute approximate surface area is 150 Å². The van der Waals surface area contributed by atoms with Gasteiger partial charge in [-0.2, -0.15) is 0 Å². The van der Waals surface area contributed by atoms with Crippen LogP contribution in [-0.2, 0) is 11.2 Å². The maximum absolute atomic E-state index is 12.7. The smallest absolute Gasteiger partial charge is 0.236 e. The van der Waals surface area contributed by atoms with E-state index >= 15 is 0 Å². The fraction of sp³-hybridized carbons (Fsp3) is 0.667. The molecule has 1 amide bonds. The van der Waals surface area contributed by atoms with Gasteiger partial charge in [0.05, 0.1) is 12.6 Å². The van der Waals surface area contributed by atoms with E-state index in [9.17, 15) is 9.90 Å². The molecule has 4 heteroatoms. The largest absolute Gasteiger partial charge is 0.391 e. The van der Waals surface area contributed by atoms with E-state index in [1.807, 2.05) is 0 Å². The van der Waals surface area contributed by atoms with Crippen LogP contribution >= 0.6 is 0 Å². The van der Waals surface area contributed by atoms with Crippen LogP contribution in [0.15, 0.2) is 30.3 Å². The second-order valence-electron chi connectivity index (χ2n) is 8.17. The second-order valence-corrected chi connectivity index (χ2v) is 8.17. The number of benzene rings is 1. The lowest BCUT2D eigenvalue weighted by molar-refractivity contribution is -0.134. The molecule has 3 atom stereocenters. The minimum Gasteiger partial charge on any atom is -0.391 e. The molecule has 136 valence electrons. The molecule has 1 aliphatic carbocycles. The molecule has 0 spiro atoms. The summed E-state index contributed by atoms with van der Waals surface area (Å²) in [5.74, 6) is 1.57. The highest BCUT2D eigenvalue weighted by Crippen LogP contribution is 2.37. The molecule has 4 nitrogen and oxygen atoms in total. The minimum absolute atomic E-state index is 0.225. The third kappa shape index (κ3) is 3.75. The molecule has 3 fully saturated rings. The lowest BCUT2D eigenvalue weighted by Crippen LogP contribution is -2.47. The van der Waals surface area contributed by atoms with Gasteiger partial charge in [0.1, 0.15) is 0 Å². The van der Waals surface area contributed by atoms with Crippen molar-refractivity contribution in [2.45, 2.75) is 50.7 Å². The number of aliphatic hydroxyl groups is 1. The third-order valence-corrected chi connectivity index (χ3v) is 6.59. The topological polar surface area (TPSA) is 43.8 Å². The van der Waals surface area contributed by atoms with E-state index in [1.165, 1.54) is 5.56 Å². The molecule has 2 heterocycles. The highest BCUT2D eigenvalue weighted by molar-refractivity contribution is 5.78. The normalized spacial score (nSPS) is 30.6. The average molecular weight is 342 g/mol. The summed E-state index contributed by atoms with van der Waals surface area (Å²) < 4.78 is 0. The Balaban J connectivity index is 1.26. The molecule has 2 saturated heterocycles. The Hall–Kier alpha value is -1.39. The molecular weight excluding hydrogens is 312 g/mol. The van der Waals surface area contributed by atoms with Gasteiger partial charge in [0, 0.05) is 19.1 Å². The van der Waals surface area contributed by atoms with Gasteiger partial charge in [-0.15, -0.1) is 0 Å². The van der Waals surface area contributed by atoms with Crippen LogP contribution < -0.4 is 0 Å². The molecule has 1 aromatic carbocycles. The molecule has 0 aromatic heterocycles. The van der Waals surface area contributed by atoms with Crippen molar-refractivity contribution in [3.63, 3.8) is 0 Å². The Morgan fingerprint density at radius 3 is 2.52 bits per heavy atom. The van der Waals surface area contributed by atoms with Crippen LogP contribution in [0.4, 0.5) is 0 Å². The number of piperidine rings is 1. The van der Waals surface area contributed by atoms with Gasteiger partial charge in [-0.3, -0.25) is 9.69 Å². The highest BCUT2D eigenvalue weighted by Gasteiger charge is 2.44. The summed E-state index contributed by atoms with van der Waals surface area (Å²) in [6.45, 7) is 3.26. The molecule has 4 rings (SSSR count). The zero-order chi connectivity index (χ0) is 17.2. The van der Waals surface area contributed by atoms with Crippen molar-refractivity contribution in [2.75, 3.05) is 26.2 Å². The second kappa shape index (κ2) is 7.46. The highest BCUT2D eigenvalue weighted by atomic mass is 16.3. The van der Waals surface area contributed by atoms with E-state index in [0.717, 1.165) is 58.2 Å². The lowest BCUT2D eigenvalue weighted by atomic mass is 9.90. The van der Waals surface area contributed by atoms with Crippen LogP contribution in [-0.4, -0.2) is 59.1 Å². The fourth-order valence-corrected chi connectivity index (χ4v) is 5.17. The Morgan fingerprint density at radius 1 is 1.00 bits per heavy atom. The minimum atomic E-state index is -0.225. The summed E-state index contributed by atoms with van der Waals surface area (Å²) >= 11 is 0. The number of carbonyl (C=O) groups is 1. The summed E-state index contributed by atoms with van der Waals surface area (Å²) in [4.78, 5) is 17.0. The number of nitrogens with zero attached hydrogens (tertiary/aromatic N) is 2. The Kier molecular flexibility index (Phi) is 5.09. The summed E-state index contributed by atoms with van der Waals surface area (Å²) in [5.41, 5.74) is 1.41. The van der Waals surface area contributed by atoms with Gasteiger partial charge in [0.15, 0.2) is 0 Å².